The lowest BCUT2D eigenvalue weighted by Crippen LogP contribution is -2.49. The predicted octanol–water partition coefficient (Wildman–Crippen LogP) is 0.790. The van der Waals surface area contributed by atoms with E-state index in [2.05, 4.69) is 16.6 Å². The second-order valence-electron chi connectivity index (χ2n) is 4.40. The average molecular weight is 276 g/mol. The van der Waals surface area contributed by atoms with Gasteiger partial charge < -0.3 is 15.8 Å². The van der Waals surface area contributed by atoms with Gasteiger partial charge in [-0.1, -0.05) is 36.4 Å². The molecule has 1 aromatic rings. The maximum atomic E-state index is 12.0. The largest absolute Gasteiger partial charge is 0.467 e. The highest BCUT2D eigenvalue weighted by Gasteiger charge is 2.23. The molecule has 0 saturated carbocycles. The summed E-state index contributed by atoms with van der Waals surface area (Å²) in [6, 6.07) is 8.00. The molecule has 3 N–H and O–H groups in total. The second-order valence-corrected chi connectivity index (χ2v) is 4.40. The number of esters is 1. The van der Waals surface area contributed by atoms with Gasteiger partial charge in [0.2, 0.25) is 5.91 Å². The van der Waals surface area contributed by atoms with E-state index >= 15 is 0 Å². The molecule has 0 heterocycles. The van der Waals surface area contributed by atoms with Crippen molar-refractivity contribution in [1.29, 1.82) is 0 Å². The van der Waals surface area contributed by atoms with Crippen molar-refractivity contribution in [3.05, 3.63) is 48.6 Å². The number of rotatable bonds is 7. The normalized spacial score (nSPS) is 13.1. The van der Waals surface area contributed by atoms with Crippen LogP contribution in [-0.2, 0) is 20.7 Å². The van der Waals surface area contributed by atoms with Crippen molar-refractivity contribution in [3.8, 4) is 0 Å². The Morgan fingerprint density at radius 3 is 2.60 bits per heavy atom. The molecule has 0 aliphatic heterocycles. The molecule has 0 aromatic heterocycles. The van der Waals surface area contributed by atoms with E-state index in [0.29, 0.717) is 12.8 Å². The number of carbonyl (C=O) groups is 2. The Bertz CT molecular complexity index is 459. The molecular formula is C15H20N2O3. The second kappa shape index (κ2) is 8.12. The third kappa shape index (κ3) is 4.85. The topological polar surface area (TPSA) is 81.4 Å². The number of benzene rings is 1. The lowest BCUT2D eigenvalue weighted by atomic mass is 10.1. The molecule has 0 radical (unpaired) electrons. The highest BCUT2D eigenvalue weighted by atomic mass is 16.5. The third-order valence-electron chi connectivity index (χ3n) is 2.84. The van der Waals surface area contributed by atoms with Gasteiger partial charge in [0.25, 0.3) is 0 Å². The zero-order valence-electron chi connectivity index (χ0n) is 11.5. The molecule has 2 unspecified atom stereocenters. The molecule has 0 aliphatic rings. The summed E-state index contributed by atoms with van der Waals surface area (Å²) in [5.74, 6) is -0.892. The molecule has 0 aliphatic carbocycles. The van der Waals surface area contributed by atoms with E-state index in [1.807, 2.05) is 30.3 Å². The van der Waals surface area contributed by atoms with Gasteiger partial charge in [0.1, 0.15) is 6.04 Å². The van der Waals surface area contributed by atoms with Crippen molar-refractivity contribution < 1.29 is 14.3 Å². The summed E-state index contributed by atoms with van der Waals surface area (Å²) in [6.45, 7) is 3.55. The van der Waals surface area contributed by atoms with E-state index in [0.717, 1.165) is 5.56 Å². The Morgan fingerprint density at radius 1 is 1.40 bits per heavy atom. The highest BCUT2D eigenvalue weighted by Crippen LogP contribution is 2.03. The first kappa shape index (κ1) is 15.9. The van der Waals surface area contributed by atoms with Crippen LogP contribution in [0.5, 0.6) is 0 Å². The molecule has 0 fully saturated rings. The van der Waals surface area contributed by atoms with Gasteiger partial charge in [-0.05, 0) is 18.4 Å². The van der Waals surface area contributed by atoms with Crippen LogP contribution < -0.4 is 11.1 Å². The first-order chi connectivity index (χ1) is 9.58. The summed E-state index contributed by atoms with van der Waals surface area (Å²) in [6.07, 6.45) is 2.26. The van der Waals surface area contributed by atoms with Crippen LogP contribution in [0.4, 0.5) is 0 Å². The van der Waals surface area contributed by atoms with Crippen molar-refractivity contribution >= 4 is 11.9 Å². The fraction of sp³-hybridized carbons (Fsp3) is 0.333. The van der Waals surface area contributed by atoms with Gasteiger partial charge in [0, 0.05) is 0 Å². The minimum Gasteiger partial charge on any atom is -0.467 e. The summed E-state index contributed by atoms with van der Waals surface area (Å²) in [7, 11) is 1.27. The molecule has 2 atom stereocenters. The van der Waals surface area contributed by atoms with E-state index in [1.165, 1.54) is 7.11 Å². The first-order valence-electron chi connectivity index (χ1n) is 6.37. The number of hydrogen-bond acceptors (Lipinski definition) is 4. The minimum atomic E-state index is -0.744. The summed E-state index contributed by atoms with van der Waals surface area (Å²) >= 11 is 0. The Morgan fingerprint density at radius 2 is 2.05 bits per heavy atom. The molecule has 1 amide bonds. The quantitative estimate of drug-likeness (QED) is 0.570. The Kier molecular flexibility index (Phi) is 6.46. The van der Waals surface area contributed by atoms with Crippen molar-refractivity contribution in [2.24, 2.45) is 5.73 Å². The van der Waals surface area contributed by atoms with E-state index in [9.17, 15) is 9.59 Å². The van der Waals surface area contributed by atoms with Gasteiger partial charge in [-0.15, -0.1) is 6.58 Å². The predicted molar refractivity (Wildman–Crippen MR) is 76.9 cm³/mol. The SMILES string of the molecule is C=CCC(NC(=O)C(N)Cc1ccccc1)C(=O)OC. The van der Waals surface area contributed by atoms with Crippen molar-refractivity contribution in [3.63, 3.8) is 0 Å². The van der Waals surface area contributed by atoms with Crippen LogP contribution in [-0.4, -0.2) is 31.1 Å². The zero-order chi connectivity index (χ0) is 15.0. The zero-order valence-corrected chi connectivity index (χ0v) is 11.5. The Hall–Kier alpha value is -2.14. The maximum absolute atomic E-state index is 12.0. The monoisotopic (exact) mass is 276 g/mol. The molecule has 0 bridgehead atoms. The van der Waals surface area contributed by atoms with Crippen molar-refractivity contribution in [2.45, 2.75) is 24.9 Å². The van der Waals surface area contributed by atoms with Gasteiger partial charge >= 0.3 is 5.97 Å². The molecule has 5 heteroatoms. The van der Waals surface area contributed by atoms with Gasteiger partial charge in [-0.3, -0.25) is 4.79 Å². The number of nitrogens with one attached hydrogen (secondary N) is 1. The van der Waals surface area contributed by atoms with Crippen LogP contribution in [0.1, 0.15) is 12.0 Å². The van der Waals surface area contributed by atoms with Crippen LogP contribution in [0.2, 0.25) is 0 Å². The number of carbonyl (C=O) groups excluding carboxylic acids is 2. The van der Waals surface area contributed by atoms with Crippen molar-refractivity contribution in [2.75, 3.05) is 7.11 Å². The molecule has 1 aromatic carbocycles. The molecule has 5 nitrogen and oxygen atoms in total. The van der Waals surface area contributed by atoms with Crippen LogP contribution in [0.25, 0.3) is 0 Å². The standard InChI is InChI=1S/C15H20N2O3/c1-3-7-13(15(19)20-2)17-14(18)12(16)10-11-8-5-4-6-9-11/h3-6,8-9,12-13H,1,7,10,16H2,2H3,(H,17,18). The van der Waals surface area contributed by atoms with Crippen LogP contribution >= 0.6 is 0 Å². The number of amides is 1. The lowest BCUT2D eigenvalue weighted by molar-refractivity contribution is -0.145. The minimum absolute atomic E-state index is 0.302. The molecule has 108 valence electrons. The summed E-state index contributed by atoms with van der Waals surface area (Å²) in [5, 5.41) is 2.58. The van der Waals surface area contributed by atoms with Gasteiger partial charge in [0.05, 0.1) is 13.2 Å². The molecule has 0 spiro atoms. The van der Waals surface area contributed by atoms with Crippen LogP contribution in [0, 0.1) is 0 Å². The smallest absolute Gasteiger partial charge is 0.328 e. The van der Waals surface area contributed by atoms with Gasteiger partial charge in [-0.25, -0.2) is 4.79 Å². The number of ether oxygens (including phenoxy) is 1. The van der Waals surface area contributed by atoms with E-state index in [-0.39, 0.29) is 5.91 Å². The number of nitrogens with two attached hydrogens (primary N) is 1. The molecule has 0 saturated heterocycles. The number of hydrogen-bond donors (Lipinski definition) is 2. The first-order valence-corrected chi connectivity index (χ1v) is 6.37. The van der Waals surface area contributed by atoms with Crippen molar-refractivity contribution in [1.82, 2.24) is 5.32 Å². The third-order valence-corrected chi connectivity index (χ3v) is 2.84. The maximum Gasteiger partial charge on any atom is 0.328 e. The Labute approximate surface area is 118 Å². The van der Waals surface area contributed by atoms with E-state index < -0.39 is 18.1 Å². The van der Waals surface area contributed by atoms with Gasteiger partial charge in [-0.2, -0.15) is 0 Å². The fourth-order valence-corrected chi connectivity index (χ4v) is 1.76. The van der Waals surface area contributed by atoms with Gasteiger partial charge in [0.15, 0.2) is 0 Å². The lowest BCUT2D eigenvalue weighted by Gasteiger charge is -2.18. The highest BCUT2D eigenvalue weighted by molar-refractivity contribution is 5.87. The molecular weight excluding hydrogens is 256 g/mol. The average Bonchev–Trinajstić information content (AvgIpc) is 2.46. The molecule has 1 rings (SSSR count). The van der Waals surface area contributed by atoms with Crippen LogP contribution in [0.3, 0.4) is 0 Å². The summed E-state index contributed by atoms with van der Waals surface area (Å²) < 4.78 is 4.62. The van der Waals surface area contributed by atoms with E-state index in [1.54, 1.807) is 6.08 Å². The summed E-state index contributed by atoms with van der Waals surface area (Å²) in [5.41, 5.74) is 6.81. The molecule has 20 heavy (non-hydrogen) atoms. The summed E-state index contributed by atoms with van der Waals surface area (Å²) in [4.78, 5) is 23.5. The van der Waals surface area contributed by atoms with E-state index in [4.69, 9.17) is 5.73 Å². The van der Waals surface area contributed by atoms with Crippen LogP contribution in [0.15, 0.2) is 43.0 Å². The number of methoxy groups -OCH3 is 1. The fourth-order valence-electron chi connectivity index (χ4n) is 1.76. The Balaban J connectivity index is 2.59.